The van der Waals surface area contributed by atoms with Crippen LogP contribution in [0.2, 0.25) is 0 Å². The lowest BCUT2D eigenvalue weighted by atomic mass is 9.95. The van der Waals surface area contributed by atoms with Gasteiger partial charge in [-0.3, -0.25) is 4.79 Å². The summed E-state index contributed by atoms with van der Waals surface area (Å²) in [5.74, 6) is 0.889. The first-order valence-corrected chi connectivity index (χ1v) is 12.7. The van der Waals surface area contributed by atoms with Crippen LogP contribution in [0.1, 0.15) is 36.1 Å². The summed E-state index contributed by atoms with van der Waals surface area (Å²) in [5.41, 5.74) is 2.52. The summed E-state index contributed by atoms with van der Waals surface area (Å²) in [6.45, 7) is 7.34. The number of hydrogen-bond donors (Lipinski definition) is 2. The summed E-state index contributed by atoms with van der Waals surface area (Å²) in [4.78, 5) is 41.0. The average Bonchev–Trinajstić information content (AvgIpc) is 3.49. The number of likely N-dealkylation sites (tertiary alicyclic amines) is 1. The molecule has 3 aromatic rings. The van der Waals surface area contributed by atoms with Crippen molar-refractivity contribution >= 4 is 50.7 Å². The maximum absolute atomic E-state index is 13.1. The number of nitrogens with zero attached hydrogens (tertiary/aromatic N) is 4. The predicted molar refractivity (Wildman–Crippen MR) is 137 cm³/mol. The van der Waals surface area contributed by atoms with Gasteiger partial charge in [0.1, 0.15) is 17.0 Å². The van der Waals surface area contributed by atoms with Gasteiger partial charge < -0.3 is 20.4 Å². The topological polar surface area (TPSA) is 90.5 Å². The fourth-order valence-corrected chi connectivity index (χ4v) is 5.80. The van der Waals surface area contributed by atoms with E-state index < -0.39 is 0 Å². The molecule has 2 aliphatic rings. The van der Waals surface area contributed by atoms with Gasteiger partial charge in [0.2, 0.25) is 5.91 Å². The number of nitrogens with one attached hydrogen (secondary N) is 2. The lowest BCUT2D eigenvalue weighted by Crippen LogP contribution is -2.39. The molecule has 2 aliphatic heterocycles. The Morgan fingerprint density at radius 2 is 1.65 bits per heavy atom. The van der Waals surface area contributed by atoms with E-state index in [-0.39, 0.29) is 17.9 Å². The Morgan fingerprint density at radius 3 is 2.35 bits per heavy atom. The van der Waals surface area contributed by atoms with Gasteiger partial charge in [0.15, 0.2) is 0 Å². The number of anilines is 3. The predicted octanol–water partition coefficient (Wildman–Crippen LogP) is 4.79. The molecule has 3 amide bonds. The van der Waals surface area contributed by atoms with Gasteiger partial charge in [-0.15, -0.1) is 11.3 Å². The van der Waals surface area contributed by atoms with Crippen LogP contribution in [-0.2, 0) is 4.79 Å². The lowest BCUT2D eigenvalue weighted by molar-refractivity contribution is -0.120. The number of piperidine rings is 1. The average molecular weight is 479 g/mol. The summed E-state index contributed by atoms with van der Waals surface area (Å²) < 4.78 is 0. The molecule has 5 rings (SSSR count). The molecule has 2 fully saturated rings. The van der Waals surface area contributed by atoms with Crippen molar-refractivity contribution < 1.29 is 9.59 Å². The number of benzene rings is 1. The summed E-state index contributed by atoms with van der Waals surface area (Å²) >= 11 is 1.70. The number of para-hydroxylation sites is 2. The highest BCUT2D eigenvalue weighted by Gasteiger charge is 2.28. The Bertz CT molecular complexity index is 1210. The van der Waals surface area contributed by atoms with Gasteiger partial charge in [0.25, 0.3) is 0 Å². The molecule has 0 atom stereocenters. The number of rotatable bonds is 4. The van der Waals surface area contributed by atoms with Gasteiger partial charge in [-0.05, 0) is 57.2 Å². The molecular weight excluding hydrogens is 448 g/mol. The zero-order valence-electron chi connectivity index (χ0n) is 19.6. The van der Waals surface area contributed by atoms with Crippen molar-refractivity contribution in [1.29, 1.82) is 0 Å². The Morgan fingerprint density at radius 1 is 0.971 bits per heavy atom. The first kappa shape index (κ1) is 22.6. The fourth-order valence-electron chi connectivity index (χ4n) is 4.81. The van der Waals surface area contributed by atoms with Crippen molar-refractivity contribution in [3.63, 3.8) is 0 Å². The van der Waals surface area contributed by atoms with E-state index in [9.17, 15) is 9.59 Å². The molecule has 8 nitrogen and oxygen atoms in total. The van der Waals surface area contributed by atoms with E-state index in [1.807, 2.05) is 29.2 Å². The molecule has 1 aromatic carbocycles. The molecule has 0 bridgehead atoms. The molecule has 2 N–H and O–H groups in total. The third-order valence-corrected chi connectivity index (χ3v) is 8.05. The van der Waals surface area contributed by atoms with Crippen molar-refractivity contribution in [2.24, 2.45) is 5.92 Å². The molecule has 34 heavy (non-hydrogen) atoms. The number of carbonyl (C=O) groups is 2. The Labute approximate surface area is 203 Å². The van der Waals surface area contributed by atoms with Crippen LogP contribution in [0.5, 0.6) is 0 Å². The van der Waals surface area contributed by atoms with Crippen LogP contribution in [0.15, 0.2) is 30.6 Å². The van der Waals surface area contributed by atoms with Crippen molar-refractivity contribution in [2.75, 3.05) is 41.7 Å². The number of aryl methyl sites for hydroxylation is 2. The van der Waals surface area contributed by atoms with E-state index in [0.717, 1.165) is 67.9 Å². The number of hydrogen-bond acceptors (Lipinski definition) is 6. The van der Waals surface area contributed by atoms with Gasteiger partial charge in [0, 0.05) is 37.0 Å². The molecule has 0 radical (unpaired) electrons. The number of fused-ring (bicyclic) bond motifs is 1. The standard InChI is InChI=1S/C25H30N6O2S/c1-16-17(2)34-24-21(16)22(26-15-27-24)30-13-9-18(10-14-30)23(32)28-19-7-3-4-8-20(19)29-25(33)31-11-5-6-12-31/h3-4,7-8,15,18H,5-6,9-14H2,1-2H3,(H,28,32)(H,29,33). The second kappa shape index (κ2) is 9.58. The number of thiophene rings is 1. The minimum Gasteiger partial charge on any atom is -0.356 e. The quantitative estimate of drug-likeness (QED) is 0.563. The van der Waals surface area contributed by atoms with Crippen LogP contribution in [0.25, 0.3) is 10.2 Å². The van der Waals surface area contributed by atoms with Crippen molar-refractivity contribution in [3.8, 4) is 0 Å². The van der Waals surface area contributed by atoms with Crippen molar-refractivity contribution in [2.45, 2.75) is 39.5 Å². The maximum Gasteiger partial charge on any atom is 0.321 e. The summed E-state index contributed by atoms with van der Waals surface area (Å²) in [5, 5.41) is 7.16. The van der Waals surface area contributed by atoms with E-state index in [1.165, 1.54) is 10.4 Å². The maximum atomic E-state index is 13.1. The number of carbonyl (C=O) groups excluding carboxylic acids is 2. The molecule has 0 aliphatic carbocycles. The minimum atomic E-state index is -0.109. The van der Waals surface area contributed by atoms with Gasteiger partial charge in [0.05, 0.1) is 16.8 Å². The fraction of sp³-hybridized carbons (Fsp3) is 0.440. The van der Waals surface area contributed by atoms with E-state index in [1.54, 1.807) is 17.7 Å². The molecule has 9 heteroatoms. The normalized spacial score (nSPS) is 16.8. The van der Waals surface area contributed by atoms with Gasteiger partial charge in [-0.2, -0.15) is 0 Å². The van der Waals surface area contributed by atoms with Crippen LogP contribution in [0.4, 0.5) is 22.0 Å². The molecule has 178 valence electrons. The highest BCUT2D eigenvalue weighted by molar-refractivity contribution is 7.18. The van der Waals surface area contributed by atoms with E-state index >= 15 is 0 Å². The molecule has 0 unspecified atom stereocenters. The third-order valence-electron chi connectivity index (χ3n) is 6.93. The van der Waals surface area contributed by atoms with Gasteiger partial charge >= 0.3 is 6.03 Å². The Balaban J connectivity index is 1.23. The minimum absolute atomic E-state index is 0.00193. The zero-order valence-corrected chi connectivity index (χ0v) is 20.5. The van der Waals surface area contributed by atoms with E-state index in [4.69, 9.17) is 0 Å². The highest BCUT2D eigenvalue weighted by Crippen LogP contribution is 2.36. The van der Waals surface area contributed by atoms with Crippen LogP contribution in [0.3, 0.4) is 0 Å². The molecule has 0 saturated carbocycles. The van der Waals surface area contributed by atoms with Crippen LogP contribution in [-0.4, -0.2) is 53.0 Å². The molecule has 2 saturated heterocycles. The molecule has 2 aromatic heterocycles. The largest absolute Gasteiger partial charge is 0.356 e. The number of aromatic nitrogens is 2. The first-order valence-electron chi connectivity index (χ1n) is 11.9. The SMILES string of the molecule is Cc1sc2ncnc(N3CCC(C(=O)Nc4ccccc4NC(=O)N4CCCC4)CC3)c2c1C. The second-order valence-corrected chi connectivity index (χ2v) is 10.3. The van der Waals surface area contributed by atoms with E-state index in [2.05, 4.69) is 39.3 Å². The highest BCUT2D eigenvalue weighted by atomic mass is 32.1. The number of urea groups is 1. The Kier molecular flexibility index (Phi) is 6.36. The van der Waals surface area contributed by atoms with Crippen LogP contribution in [0, 0.1) is 19.8 Å². The van der Waals surface area contributed by atoms with Crippen molar-refractivity contribution in [3.05, 3.63) is 41.0 Å². The molecule has 4 heterocycles. The monoisotopic (exact) mass is 478 g/mol. The second-order valence-electron chi connectivity index (χ2n) is 9.08. The van der Waals surface area contributed by atoms with Crippen LogP contribution < -0.4 is 15.5 Å². The molecule has 0 spiro atoms. The third kappa shape index (κ3) is 4.44. The Hall–Kier alpha value is -3.20. The summed E-state index contributed by atoms with van der Waals surface area (Å²) in [6.07, 6.45) is 5.22. The number of amides is 3. The summed E-state index contributed by atoms with van der Waals surface area (Å²) in [6, 6.07) is 7.30. The van der Waals surface area contributed by atoms with E-state index in [0.29, 0.717) is 11.4 Å². The van der Waals surface area contributed by atoms with Crippen LogP contribution >= 0.6 is 11.3 Å². The smallest absolute Gasteiger partial charge is 0.321 e. The van der Waals surface area contributed by atoms with Gasteiger partial charge in [-0.25, -0.2) is 14.8 Å². The van der Waals surface area contributed by atoms with Gasteiger partial charge in [-0.1, -0.05) is 12.1 Å². The zero-order chi connectivity index (χ0) is 23.7. The summed E-state index contributed by atoms with van der Waals surface area (Å²) in [7, 11) is 0. The van der Waals surface area contributed by atoms with Crippen molar-refractivity contribution in [1.82, 2.24) is 14.9 Å². The first-order chi connectivity index (χ1) is 16.5. The molecular formula is C25H30N6O2S. The lowest BCUT2D eigenvalue weighted by Gasteiger charge is -2.32.